The molecule has 1 amide bonds. The number of carboxylic acids is 1. The quantitative estimate of drug-likeness (QED) is 0.824. The highest BCUT2D eigenvalue weighted by Gasteiger charge is 2.21. The van der Waals surface area contributed by atoms with Crippen LogP contribution in [0.15, 0.2) is 10.6 Å². The van der Waals surface area contributed by atoms with Gasteiger partial charge in [-0.3, -0.25) is 9.59 Å². The Kier molecular flexibility index (Phi) is 3.88. The Bertz CT molecular complexity index is 417. The van der Waals surface area contributed by atoms with E-state index in [1.165, 1.54) is 0 Å². The number of carbonyl (C=O) groups is 2. The van der Waals surface area contributed by atoms with Crippen molar-refractivity contribution in [1.29, 1.82) is 0 Å². The SMILES string of the molecule is CC(C)(C)c1cc(C(=O)NCCC(=O)O)no1. The summed E-state index contributed by atoms with van der Waals surface area (Å²) in [6.07, 6.45) is -0.115. The second kappa shape index (κ2) is 4.99. The summed E-state index contributed by atoms with van der Waals surface area (Å²) in [5.41, 5.74) is -0.0487. The topological polar surface area (TPSA) is 92.4 Å². The number of hydrogen-bond donors (Lipinski definition) is 2. The Morgan fingerprint density at radius 2 is 2.12 bits per heavy atom. The molecule has 0 atom stereocenters. The summed E-state index contributed by atoms with van der Waals surface area (Å²) in [7, 11) is 0. The molecule has 0 aliphatic carbocycles. The fourth-order valence-corrected chi connectivity index (χ4v) is 1.11. The van der Waals surface area contributed by atoms with Gasteiger partial charge in [0.15, 0.2) is 5.69 Å². The van der Waals surface area contributed by atoms with Crippen LogP contribution in [0.2, 0.25) is 0 Å². The van der Waals surface area contributed by atoms with E-state index in [0.29, 0.717) is 5.76 Å². The van der Waals surface area contributed by atoms with Gasteiger partial charge in [0.05, 0.1) is 6.42 Å². The van der Waals surface area contributed by atoms with E-state index in [-0.39, 0.29) is 24.1 Å². The molecule has 94 valence electrons. The van der Waals surface area contributed by atoms with Gasteiger partial charge in [0.2, 0.25) is 0 Å². The van der Waals surface area contributed by atoms with Crippen LogP contribution in [0.5, 0.6) is 0 Å². The Morgan fingerprint density at radius 3 is 2.59 bits per heavy atom. The lowest BCUT2D eigenvalue weighted by atomic mass is 9.93. The van der Waals surface area contributed by atoms with Crippen molar-refractivity contribution in [1.82, 2.24) is 10.5 Å². The first-order chi connectivity index (χ1) is 7.80. The second-order valence-corrected chi connectivity index (χ2v) is 4.73. The predicted molar refractivity (Wildman–Crippen MR) is 59.8 cm³/mol. The van der Waals surface area contributed by atoms with E-state index in [1.54, 1.807) is 6.07 Å². The molecule has 6 nitrogen and oxygen atoms in total. The lowest BCUT2D eigenvalue weighted by Gasteiger charge is -2.12. The maximum absolute atomic E-state index is 11.5. The molecule has 0 bridgehead atoms. The number of hydrogen-bond acceptors (Lipinski definition) is 4. The number of rotatable bonds is 4. The van der Waals surface area contributed by atoms with Crippen molar-refractivity contribution in [3.63, 3.8) is 0 Å². The third kappa shape index (κ3) is 3.90. The molecule has 0 spiro atoms. The summed E-state index contributed by atoms with van der Waals surface area (Å²) in [6, 6.07) is 1.57. The Hall–Kier alpha value is -1.85. The van der Waals surface area contributed by atoms with Crippen LogP contribution in [0.25, 0.3) is 0 Å². The number of aromatic nitrogens is 1. The molecule has 17 heavy (non-hydrogen) atoms. The summed E-state index contributed by atoms with van der Waals surface area (Å²) in [5.74, 6) is -0.771. The van der Waals surface area contributed by atoms with Crippen LogP contribution in [-0.4, -0.2) is 28.7 Å². The number of amides is 1. The molecule has 1 heterocycles. The normalized spacial score (nSPS) is 11.2. The first-order valence-corrected chi connectivity index (χ1v) is 5.28. The first-order valence-electron chi connectivity index (χ1n) is 5.28. The van der Waals surface area contributed by atoms with Gasteiger partial charge in [-0.1, -0.05) is 25.9 Å². The average molecular weight is 240 g/mol. The standard InChI is InChI=1S/C11H16N2O4/c1-11(2,3)8-6-7(13-17-8)10(16)12-5-4-9(14)15/h6H,4-5H2,1-3H3,(H,12,16)(H,14,15). The van der Waals surface area contributed by atoms with Crippen molar-refractivity contribution in [3.8, 4) is 0 Å². The van der Waals surface area contributed by atoms with E-state index < -0.39 is 11.9 Å². The lowest BCUT2D eigenvalue weighted by Crippen LogP contribution is -2.26. The van der Waals surface area contributed by atoms with Crippen LogP contribution in [0.1, 0.15) is 43.4 Å². The van der Waals surface area contributed by atoms with Crippen LogP contribution >= 0.6 is 0 Å². The molecule has 6 heteroatoms. The zero-order chi connectivity index (χ0) is 13.1. The van der Waals surface area contributed by atoms with Crippen molar-refractivity contribution in [3.05, 3.63) is 17.5 Å². The van der Waals surface area contributed by atoms with Crippen molar-refractivity contribution in [2.75, 3.05) is 6.54 Å². The molecular weight excluding hydrogens is 224 g/mol. The van der Waals surface area contributed by atoms with Gasteiger partial charge in [-0.05, 0) is 0 Å². The van der Waals surface area contributed by atoms with Gasteiger partial charge in [0.1, 0.15) is 5.76 Å². The maximum Gasteiger partial charge on any atom is 0.305 e. The third-order valence-corrected chi connectivity index (χ3v) is 2.11. The van der Waals surface area contributed by atoms with Gasteiger partial charge in [0.25, 0.3) is 5.91 Å². The Morgan fingerprint density at radius 1 is 1.47 bits per heavy atom. The Labute approximate surface area is 99.0 Å². The number of nitrogens with one attached hydrogen (secondary N) is 1. The van der Waals surface area contributed by atoms with Gasteiger partial charge < -0.3 is 14.9 Å². The maximum atomic E-state index is 11.5. The van der Waals surface area contributed by atoms with Crippen molar-refractivity contribution in [2.45, 2.75) is 32.6 Å². The minimum absolute atomic E-state index is 0.0753. The summed E-state index contributed by atoms with van der Waals surface area (Å²) in [5, 5.41) is 14.5. The molecule has 0 fully saturated rings. The van der Waals surface area contributed by atoms with E-state index in [1.807, 2.05) is 20.8 Å². The fourth-order valence-electron chi connectivity index (χ4n) is 1.11. The van der Waals surface area contributed by atoms with Crippen molar-refractivity contribution >= 4 is 11.9 Å². The molecule has 0 saturated heterocycles. The molecular formula is C11H16N2O4. The van der Waals surface area contributed by atoms with E-state index in [9.17, 15) is 9.59 Å². The molecule has 1 aromatic rings. The lowest BCUT2D eigenvalue weighted by molar-refractivity contribution is -0.136. The first kappa shape index (κ1) is 13.2. The summed E-state index contributed by atoms with van der Waals surface area (Å²) < 4.78 is 5.05. The van der Waals surface area contributed by atoms with Gasteiger partial charge in [-0.25, -0.2) is 0 Å². The minimum atomic E-state index is -0.958. The van der Waals surface area contributed by atoms with Crippen LogP contribution in [0.4, 0.5) is 0 Å². The largest absolute Gasteiger partial charge is 0.481 e. The van der Waals surface area contributed by atoms with Crippen molar-refractivity contribution < 1.29 is 19.2 Å². The van der Waals surface area contributed by atoms with Gasteiger partial charge in [-0.2, -0.15) is 0 Å². The van der Waals surface area contributed by atoms with Crippen LogP contribution in [0, 0.1) is 0 Å². The molecule has 0 radical (unpaired) electrons. The molecule has 1 aromatic heterocycles. The smallest absolute Gasteiger partial charge is 0.305 e. The zero-order valence-corrected chi connectivity index (χ0v) is 10.1. The van der Waals surface area contributed by atoms with Crippen LogP contribution < -0.4 is 5.32 Å². The monoisotopic (exact) mass is 240 g/mol. The third-order valence-electron chi connectivity index (χ3n) is 2.11. The molecule has 2 N–H and O–H groups in total. The Balaban J connectivity index is 2.58. The van der Waals surface area contributed by atoms with Gasteiger partial charge in [0, 0.05) is 18.0 Å². The average Bonchev–Trinajstić information content (AvgIpc) is 2.64. The number of carbonyl (C=O) groups excluding carboxylic acids is 1. The molecule has 0 aromatic carbocycles. The van der Waals surface area contributed by atoms with E-state index in [4.69, 9.17) is 9.63 Å². The molecule has 0 aliphatic rings. The van der Waals surface area contributed by atoms with Gasteiger partial charge in [-0.15, -0.1) is 0 Å². The summed E-state index contributed by atoms with van der Waals surface area (Å²) in [6.45, 7) is 5.91. The highest BCUT2D eigenvalue weighted by molar-refractivity contribution is 5.92. The second-order valence-electron chi connectivity index (χ2n) is 4.73. The summed E-state index contributed by atoms with van der Waals surface area (Å²) in [4.78, 5) is 21.8. The molecule has 1 rings (SSSR count). The van der Waals surface area contributed by atoms with Crippen LogP contribution in [-0.2, 0) is 10.2 Å². The highest BCUT2D eigenvalue weighted by atomic mass is 16.5. The highest BCUT2D eigenvalue weighted by Crippen LogP contribution is 2.22. The number of carboxylic acid groups (broad SMARTS) is 1. The fraction of sp³-hybridized carbons (Fsp3) is 0.545. The van der Waals surface area contributed by atoms with E-state index >= 15 is 0 Å². The van der Waals surface area contributed by atoms with E-state index in [2.05, 4.69) is 10.5 Å². The zero-order valence-electron chi connectivity index (χ0n) is 10.1. The predicted octanol–water partition coefficient (Wildman–Crippen LogP) is 1.18. The molecule has 0 unspecified atom stereocenters. The van der Waals surface area contributed by atoms with Gasteiger partial charge >= 0.3 is 5.97 Å². The molecule has 0 saturated carbocycles. The molecule has 0 aliphatic heterocycles. The summed E-state index contributed by atoms with van der Waals surface area (Å²) >= 11 is 0. The number of nitrogens with zero attached hydrogens (tertiary/aromatic N) is 1. The van der Waals surface area contributed by atoms with E-state index in [0.717, 1.165) is 0 Å². The minimum Gasteiger partial charge on any atom is -0.481 e. The number of aliphatic carboxylic acids is 1. The van der Waals surface area contributed by atoms with Crippen molar-refractivity contribution in [2.24, 2.45) is 0 Å². The van der Waals surface area contributed by atoms with Crippen LogP contribution in [0.3, 0.4) is 0 Å².